The van der Waals surface area contributed by atoms with Crippen molar-refractivity contribution in [1.82, 2.24) is 0 Å². The van der Waals surface area contributed by atoms with Crippen LogP contribution in [0.25, 0.3) is 0 Å². The number of allylic oxidation sites excluding steroid dienone is 3. The van der Waals surface area contributed by atoms with Crippen LogP contribution in [0.1, 0.15) is 65.7 Å². The first-order valence-electron chi connectivity index (χ1n) is 9.08. The number of hydrogen-bond acceptors (Lipinski definition) is 2. The minimum absolute atomic E-state index is 0.0315. The molecule has 0 saturated heterocycles. The highest BCUT2D eigenvalue weighted by Gasteiger charge is 2.43. The highest BCUT2D eigenvalue weighted by atomic mass is 16.5. The molecule has 0 saturated carbocycles. The summed E-state index contributed by atoms with van der Waals surface area (Å²) in [4.78, 5) is 12.1. The van der Waals surface area contributed by atoms with Crippen molar-refractivity contribution in [3.8, 4) is 0 Å². The van der Waals surface area contributed by atoms with E-state index in [2.05, 4.69) is 32.9 Å². The average molecular weight is 322 g/mol. The Morgan fingerprint density at radius 3 is 2.70 bits per heavy atom. The molecule has 0 aromatic heterocycles. The summed E-state index contributed by atoms with van der Waals surface area (Å²) < 4.78 is 5.23. The molecule has 2 unspecified atom stereocenters. The molecule has 1 aliphatic carbocycles. The third-order valence-electron chi connectivity index (χ3n) is 4.89. The predicted molar refractivity (Wildman–Crippen MR) is 95.5 cm³/mol. The highest BCUT2D eigenvalue weighted by Crippen LogP contribution is 2.43. The number of aliphatic carboxylic acids is 1. The van der Waals surface area contributed by atoms with Crippen LogP contribution < -0.4 is 0 Å². The highest BCUT2D eigenvalue weighted by molar-refractivity contribution is 5.78. The van der Waals surface area contributed by atoms with Gasteiger partial charge in [-0.3, -0.25) is 4.79 Å². The van der Waals surface area contributed by atoms with E-state index in [-0.39, 0.29) is 5.92 Å². The molecular formula is C20H34O3. The van der Waals surface area contributed by atoms with E-state index >= 15 is 0 Å². The summed E-state index contributed by atoms with van der Waals surface area (Å²) >= 11 is 0. The molecule has 3 heteroatoms. The Kier molecular flexibility index (Phi) is 8.60. The van der Waals surface area contributed by atoms with Gasteiger partial charge in [0.25, 0.3) is 0 Å². The zero-order chi connectivity index (χ0) is 17.3. The third-order valence-corrected chi connectivity index (χ3v) is 4.89. The number of ether oxygens (including phenoxy) is 1. The molecule has 1 rings (SSSR count). The van der Waals surface area contributed by atoms with Gasteiger partial charge in [-0.25, -0.2) is 0 Å². The van der Waals surface area contributed by atoms with Crippen LogP contribution in [-0.2, 0) is 9.53 Å². The number of carboxylic acids is 1. The Hall–Kier alpha value is -1.09. The zero-order valence-electron chi connectivity index (χ0n) is 15.3. The lowest BCUT2D eigenvalue weighted by molar-refractivity contribution is -0.149. The van der Waals surface area contributed by atoms with Crippen molar-refractivity contribution < 1.29 is 14.6 Å². The van der Waals surface area contributed by atoms with E-state index in [0.29, 0.717) is 18.9 Å². The maximum atomic E-state index is 12.1. The van der Waals surface area contributed by atoms with Gasteiger partial charge in [0, 0.05) is 13.7 Å². The van der Waals surface area contributed by atoms with E-state index in [1.165, 1.54) is 5.57 Å². The number of carbonyl (C=O) groups is 1. The smallest absolute Gasteiger partial charge is 0.314 e. The van der Waals surface area contributed by atoms with Gasteiger partial charge < -0.3 is 9.84 Å². The minimum atomic E-state index is -0.761. The summed E-state index contributed by atoms with van der Waals surface area (Å²) in [6.45, 7) is 7.17. The third kappa shape index (κ3) is 5.80. The van der Waals surface area contributed by atoms with Gasteiger partial charge in [0.05, 0.1) is 5.41 Å². The van der Waals surface area contributed by atoms with Crippen LogP contribution in [0.3, 0.4) is 0 Å². The second-order valence-electron chi connectivity index (χ2n) is 7.20. The molecule has 0 radical (unpaired) electrons. The number of carboxylic acid groups (broad SMARTS) is 1. The second-order valence-corrected chi connectivity index (χ2v) is 7.20. The molecule has 23 heavy (non-hydrogen) atoms. The van der Waals surface area contributed by atoms with Crippen molar-refractivity contribution in [2.24, 2.45) is 17.3 Å². The molecule has 0 bridgehead atoms. The molecule has 0 heterocycles. The maximum absolute atomic E-state index is 12.1. The summed E-state index contributed by atoms with van der Waals surface area (Å²) in [5.74, 6) is -0.0464. The monoisotopic (exact) mass is 322 g/mol. The average Bonchev–Trinajstić information content (AvgIpc) is 2.51. The van der Waals surface area contributed by atoms with Gasteiger partial charge in [0.15, 0.2) is 0 Å². The molecule has 0 spiro atoms. The minimum Gasteiger partial charge on any atom is -0.481 e. The van der Waals surface area contributed by atoms with Crippen LogP contribution >= 0.6 is 0 Å². The van der Waals surface area contributed by atoms with Crippen LogP contribution in [-0.4, -0.2) is 24.8 Å². The first kappa shape index (κ1) is 20.0. The summed E-state index contributed by atoms with van der Waals surface area (Å²) in [6.07, 6.45) is 13.1. The summed E-state index contributed by atoms with van der Waals surface area (Å²) in [7, 11) is 1.68. The Morgan fingerprint density at radius 1 is 1.39 bits per heavy atom. The van der Waals surface area contributed by atoms with Crippen molar-refractivity contribution in [2.75, 3.05) is 13.7 Å². The Bertz CT molecular complexity index is 423. The normalized spacial score (nSPS) is 24.0. The lowest BCUT2D eigenvalue weighted by Crippen LogP contribution is -2.38. The molecule has 2 atom stereocenters. The van der Waals surface area contributed by atoms with Crippen molar-refractivity contribution in [3.05, 3.63) is 23.8 Å². The first-order valence-corrected chi connectivity index (χ1v) is 9.08. The van der Waals surface area contributed by atoms with Gasteiger partial charge >= 0.3 is 5.97 Å². The number of methoxy groups -OCH3 is 1. The molecule has 0 fully saturated rings. The zero-order valence-corrected chi connectivity index (χ0v) is 15.3. The largest absolute Gasteiger partial charge is 0.481 e. The van der Waals surface area contributed by atoms with E-state index < -0.39 is 11.4 Å². The van der Waals surface area contributed by atoms with Gasteiger partial charge in [0.2, 0.25) is 0 Å². The first-order chi connectivity index (χ1) is 11.0. The Balaban J connectivity index is 2.93. The topological polar surface area (TPSA) is 46.5 Å². The van der Waals surface area contributed by atoms with Crippen molar-refractivity contribution in [2.45, 2.75) is 65.7 Å². The molecule has 0 aliphatic heterocycles. The fourth-order valence-electron chi connectivity index (χ4n) is 3.38. The molecular weight excluding hydrogens is 288 g/mol. The van der Waals surface area contributed by atoms with Crippen molar-refractivity contribution >= 4 is 5.97 Å². The second kappa shape index (κ2) is 9.92. The Labute approximate surface area is 141 Å². The van der Waals surface area contributed by atoms with Crippen LogP contribution in [0.2, 0.25) is 0 Å². The van der Waals surface area contributed by atoms with Gasteiger partial charge in [0.1, 0.15) is 0 Å². The molecule has 1 N–H and O–H groups in total. The standard InChI is InChI=1S/C20H34O3/c1-5-6-9-17-10-13-20(19(21)22,12-7-8-16(2)3)18(15-17)11-14-23-4/h10,13,15-16,18H,5-9,11-12,14H2,1-4H3,(H,21,22). The molecule has 0 aromatic carbocycles. The van der Waals surface area contributed by atoms with Gasteiger partial charge in [-0.15, -0.1) is 0 Å². The molecule has 0 aromatic rings. The van der Waals surface area contributed by atoms with E-state index in [1.807, 2.05) is 6.08 Å². The van der Waals surface area contributed by atoms with Gasteiger partial charge in [-0.05, 0) is 37.5 Å². The fraction of sp³-hybridized carbons (Fsp3) is 0.750. The van der Waals surface area contributed by atoms with Crippen LogP contribution in [0.4, 0.5) is 0 Å². The number of hydrogen-bond donors (Lipinski definition) is 1. The van der Waals surface area contributed by atoms with Crippen molar-refractivity contribution in [1.29, 1.82) is 0 Å². The lowest BCUT2D eigenvalue weighted by Gasteiger charge is -2.36. The van der Waals surface area contributed by atoms with Crippen LogP contribution in [0.15, 0.2) is 23.8 Å². The van der Waals surface area contributed by atoms with Crippen LogP contribution in [0.5, 0.6) is 0 Å². The van der Waals surface area contributed by atoms with E-state index in [9.17, 15) is 9.90 Å². The fourth-order valence-corrected chi connectivity index (χ4v) is 3.38. The lowest BCUT2D eigenvalue weighted by atomic mass is 9.67. The molecule has 1 aliphatic rings. The summed E-state index contributed by atoms with van der Waals surface area (Å²) in [5.41, 5.74) is 0.525. The van der Waals surface area contributed by atoms with Gasteiger partial charge in [-0.2, -0.15) is 0 Å². The summed E-state index contributed by atoms with van der Waals surface area (Å²) in [6, 6.07) is 0. The molecule has 132 valence electrons. The maximum Gasteiger partial charge on any atom is 0.314 e. The molecule has 0 amide bonds. The summed E-state index contributed by atoms with van der Waals surface area (Å²) in [5, 5.41) is 9.96. The SMILES string of the molecule is CCCCC1=CC(CCOC)C(CCCC(C)C)(C(=O)O)C=C1. The van der Waals surface area contributed by atoms with Crippen LogP contribution in [0, 0.1) is 17.3 Å². The van der Waals surface area contributed by atoms with Gasteiger partial charge in [-0.1, -0.05) is 63.8 Å². The number of rotatable bonds is 11. The molecule has 3 nitrogen and oxygen atoms in total. The number of unbranched alkanes of at least 4 members (excludes halogenated alkanes) is 1. The van der Waals surface area contributed by atoms with E-state index in [1.54, 1.807) is 7.11 Å². The Morgan fingerprint density at radius 2 is 2.13 bits per heavy atom. The predicted octanol–water partition coefficient (Wildman–Crippen LogP) is 5.22. The quantitative estimate of drug-likeness (QED) is 0.567. The van der Waals surface area contributed by atoms with E-state index in [4.69, 9.17) is 4.74 Å². The van der Waals surface area contributed by atoms with E-state index in [0.717, 1.165) is 38.5 Å². The van der Waals surface area contributed by atoms with Crippen molar-refractivity contribution in [3.63, 3.8) is 0 Å².